The van der Waals surface area contributed by atoms with Gasteiger partial charge < -0.3 is 10.6 Å². The topological polar surface area (TPSA) is 65.9 Å². The van der Waals surface area contributed by atoms with Crippen LogP contribution in [0, 0.1) is 11.3 Å². The number of nitrogens with two attached hydrogens (primary N) is 1. The standard InChI is InChI=1S/C13H11BrN4S/c14-8-3-9(6-17-5-8)18-2-1-10-11(4-15)13(16)19-12(10)7-18/h3,5-6H,1-2,7,16H2. The average molecular weight is 335 g/mol. The van der Waals surface area contributed by atoms with Crippen LogP contribution < -0.4 is 10.6 Å². The van der Waals surface area contributed by atoms with Crippen molar-refractivity contribution >= 4 is 38.0 Å². The first-order valence-corrected chi connectivity index (χ1v) is 7.45. The van der Waals surface area contributed by atoms with Gasteiger partial charge in [-0.25, -0.2) is 0 Å². The zero-order valence-electron chi connectivity index (χ0n) is 10.1. The van der Waals surface area contributed by atoms with E-state index in [-0.39, 0.29) is 0 Å². The van der Waals surface area contributed by atoms with Crippen molar-refractivity contribution in [3.05, 3.63) is 38.9 Å². The fraction of sp³-hybridized carbons (Fsp3) is 0.231. The van der Waals surface area contributed by atoms with Gasteiger partial charge in [-0.3, -0.25) is 4.98 Å². The van der Waals surface area contributed by atoms with Gasteiger partial charge in [0, 0.05) is 22.1 Å². The molecule has 3 heterocycles. The molecule has 0 radical (unpaired) electrons. The maximum absolute atomic E-state index is 9.13. The summed E-state index contributed by atoms with van der Waals surface area (Å²) in [4.78, 5) is 7.65. The zero-order chi connectivity index (χ0) is 13.4. The summed E-state index contributed by atoms with van der Waals surface area (Å²) < 4.78 is 0.971. The first-order chi connectivity index (χ1) is 9.19. The van der Waals surface area contributed by atoms with E-state index in [1.807, 2.05) is 6.20 Å². The number of nitrogen functional groups attached to an aromatic ring is 1. The molecule has 0 aromatic carbocycles. The van der Waals surface area contributed by atoms with Gasteiger partial charge in [0.1, 0.15) is 11.1 Å². The van der Waals surface area contributed by atoms with Gasteiger partial charge in [0.25, 0.3) is 0 Å². The Morgan fingerprint density at radius 3 is 3.05 bits per heavy atom. The monoisotopic (exact) mass is 334 g/mol. The molecule has 0 atom stereocenters. The van der Waals surface area contributed by atoms with E-state index in [4.69, 9.17) is 11.0 Å². The molecule has 0 saturated carbocycles. The Bertz CT molecular complexity index is 674. The molecule has 0 unspecified atom stereocenters. The van der Waals surface area contributed by atoms with Gasteiger partial charge in [-0.2, -0.15) is 5.26 Å². The van der Waals surface area contributed by atoms with E-state index in [2.05, 4.69) is 37.9 Å². The Morgan fingerprint density at radius 2 is 2.32 bits per heavy atom. The number of hydrogen-bond acceptors (Lipinski definition) is 5. The third kappa shape index (κ3) is 2.20. The first kappa shape index (κ1) is 12.5. The second-order valence-electron chi connectivity index (χ2n) is 4.39. The summed E-state index contributed by atoms with van der Waals surface area (Å²) in [5.74, 6) is 0. The highest BCUT2D eigenvalue weighted by Gasteiger charge is 2.23. The summed E-state index contributed by atoms with van der Waals surface area (Å²) in [5, 5.41) is 9.77. The molecule has 6 heteroatoms. The number of hydrogen-bond donors (Lipinski definition) is 1. The van der Waals surface area contributed by atoms with E-state index < -0.39 is 0 Å². The molecule has 3 rings (SSSR count). The van der Waals surface area contributed by atoms with E-state index in [0.717, 1.165) is 35.2 Å². The van der Waals surface area contributed by atoms with Crippen LogP contribution in [-0.2, 0) is 13.0 Å². The maximum atomic E-state index is 9.13. The van der Waals surface area contributed by atoms with Crippen molar-refractivity contribution in [2.45, 2.75) is 13.0 Å². The van der Waals surface area contributed by atoms with Crippen LogP contribution in [0.15, 0.2) is 22.9 Å². The molecular formula is C13H11BrN4S. The van der Waals surface area contributed by atoms with Crippen molar-refractivity contribution in [3.63, 3.8) is 0 Å². The zero-order valence-corrected chi connectivity index (χ0v) is 12.5. The Labute approximate surface area is 123 Å². The van der Waals surface area contributed by atoms with E-state index >= 15 is 0 Å². The third-order valence-electron chi connectivity index (χ3n) is 3.25. The Kier molecular flexibility index (Phi) is 3.17. The minimum Gasteiger partial charge on any atom is -0.389 e. The van der Waals surface area contributed by atoms with Crippen molar-refractivity contribution in [1.29, 1.82) is 5.26 Å². The fourth-order valence-electron chi connectivity index (χ4n) is 2.34. The number of anilines is 2. The maximum Gasteiger partial charge on any atom is 0.104 e. The number of halogens is 1. The number of rotatable bonds is 1. The molecule has 0 saturated heterocycles. The Morgan fingerprint density at radius 1 is 1.47 bits per heavy atom. The van der Waals surface area contributed by atoms with Crippen LogP contribution in [0.2, 0.25) is 0 Å². The molecule has 0 bridgehead atoms. The summed E-state index contributed by atoms with van der Waals surface area (Å²) in [7, 11) is 0. The van der Waals surface area contributed by atoms with Gasteiger partial charge in [0.05, 0.1) is 24.0 Å². The third-order valence-corrected chi connectivity index (χ3v) is 4.73. The molecule has 0 amide bonds. The SMILES string of the molecule is N#Cc1c(N)sc2c1CCN(c1cncc(Br)c1)C2. The fourth-order valence-corrected chi connectivity index (χ4v) is 3.78. The second kappa shape index (κ2) is 4.83. The van der Waals surface area contributed by atoms with Gasteiger partial charge in [-0.1, -0.05) is 0 Å². The molecule has 0 spiro atoms. The summed E-state index contributed by atoms with van der Waals surface area (Å²) in [6.07, 6.45) is 4.49. The van der Waals surface area contributed by atoms with Gasteiger partial charge in [-0.15, -0.1) is 11.3 Å². The molecule has 1 aliphatic rings. The van der Waals surface area contributed by atoms with Crippen LogP contribution in [0.3, 0.4) is 0 Å². The Hall–Kier alpha value is -1.58. The van der Waals surface area contributed by atoms with Crippen molar-refractivity contribution < 1.29 is 0 Å². The lowest BCUT2D eigenvalue weighted by Crippen LogP contribution is -2.29. The summed E-state index contributed by atoms with van der Waals surface area (Å²) >= 11 is 4.96. The number of fused-ring (bicyclic) bond motifs is 1. The molecule has 19 heavy (non-hydrogen) atoms. The first-order valence-electron chi connectivity index (χ1n) is 5.84. The van der Waals surface area contributed by atoms with E-state index in [0.29, 0.717) is 10.6 Å². The van der Waals surface area contributed by atoms with E-state index in [1.165, 1.54) is 16.2 Å². The van der Waals surface area contributed by atoms with Crippen molar-refractivity contribution in [1.82, 2.24) is 4.98 Å². The summed E-state index contributed by atoms with van der Waals surface area (Å²) in [5.41, 5.74) is 8.79. The van der Waals surface area contributed by atoms with Crippen LogP contribution in [-0.4, -0.2) is 11.5 Å². The lowest BCUT2D eigenvalue weighted by atomic mass is 10.0. The highest BCUT2D eigenvalue weighted by molar-refractivity contribution is 9.10. The molecule has 2 N–H and O–H groups in total. The van der Waals surface area contributed by atoms with Crippen molar-refractivity contribution in [3.8, 4) is 6.07 Å². The molecule has 0 fully saturated rings. The smallest absolute Gasteiger partial charge is 0.104 e. The molecule has 1 aliphatic heterocycles. The predicted octanol–water partition coefficient (Wildman–Crippen LogP) is 2.92. The average Bonchev–Trinajstić information content (AvgIpc) is 2.72. The minimum absolute atomic E-state index is 0.640. The van der Waals surface area contributed by atoms with Gasteiger partial charge in [-0.05, 0) is 34.0 Å². The van der Waals surface area contributed by atoms with Crippen LogP contribution in [0.1, 0.15) is 16.0 Å². The van der Waals surface area contributed by atoms with Crippen LogP contribution in [0.25, 0.3) is 0 Å². The Balaban J connectivity index is 1.93. The molecule has 0 aliphatic carbocycles. The largest absolute Gasteiger partial charge is 0.389 e. The van der Waals surface area contributed by atoms with E-state index in [1.54, 1.807) is 6.20 Å². The number of aromatic nitrogens is 1. The number of pyridine rings is 1. The summed E-state index contributed by atoms with van der Waals surface area (Å²) in [6, 6.07) is 4.27. The summed E-state index contributed by atoms with van der Waals surface area (Å²) in [6.45, 7) is 1.68. The van der Waals surface area contributed by atoms with Crippen LogP contribution in [0.5, 0.6) is 0 Å². The van der Waals surface area contributed by atoms with Crippen molar-refractivity contribution in [2.75, 3.05) is 17.2 Å². The van der Waals surface area contributed by atoms with Crippen molar-refractivity contribution in [2.24, 2.45) is 0 Å². The lowest BCUT2D eigenvalue weighted by Gasteiger charge is -2.28. The lowest BCUT2D eigenvalue weighted by molar-refractivity contribution is 0.741. The molecular weight excluding hydrogens is 324 g/mol. The number of thiophene rings is 1. The highest BCUT2D eigenvalue weighted by atomic mass is 79.9. The predicted molar refractivity (Wildman–Crippen MR) is 80.1 cm³/mol. The number of nitrogens with zero attached hydrogens (tertiary/aromatic N) is 3. The van der Waals surface area contributed by atoms with Gasteiger partial charge in [0.15, 0.2) is 0 Å². The second-order valence-corrected chi connectivity index (χ2v) is 6.44. The van der Waals surface area contributed by atoms with E-state index in [9.17, 15) is 0 Å². The van der Waals surface area contributed by atoms with Gasteiger partial charge >= 0.3 is 0 Å². The van der Waals surface area contributed by atoms with Crippen LogP contribution in [0.4, 0.5) is 10.7 Å². The van der Waals surface area contributed by atoms with Gasteiger partial charge in [0.2, 0.25) is 0 Å². The molecule has 4 nitrogen and oxygen atoms in total. The quantitative estimate of drug-likeness (QED) is 0.870. The van der Waals surface area contributed by atoms with Crippen LogP contribution >= 0.6 is 27.3 Å². The molecule has 2 aromatic rings. The normalized spacial score (nSPS) is 14.0. The number of nitriles is 1. The molecule has 96 valence electrons. The minimum atomic E-state index is 0.640. The highest BCUT2D eigenvalue weighted by Crippen LogP contribution is 2.36. The molecule has 2 aromatic heterocycles.